The second-order valence-corrected chi connectivity index (χ2v) is 8.87. The number of hydrogen-bond acceptors (Lipinski definition) is 4. The zero-order chi connectivity index (χ0) is 23.2. The molecule has 0 saturated carbocycles. The van der Waals surface area contributed by atoms with Crippen molar-refractivity contribution in [3.8, 4) is 0 Å². The van der Waals surface area contributed by atoms with Gasteiger partial charge in [-0.05, 0) is 59.0 Å². The van der Waals surface area contributed by atoms with E-state index in [1.54, 1.807) is 45.0 Å². The number of halogens is 1. The Morgan fingerprint density at radius 3 is 2.29 bits per heavy atom. The maximum Gasteiger partial charge on any atom is 0.408 e. The van der Waals surface area contributed by atoms with Crippen molar-refractivity contribution in [2.45, 2.75) is 52.4 Å². The van der Waals surface area contributed by atoms with Gasteiger partial charge in [0.15, 0.2) is 0 Å². The highest BCUT2D eigenvalue weighted by Gasteiger charge is 2.25. The Bertz CT molecular complexity index is 905. The monoisotopic (exact) mass is 429 g/mol. The van der Waals surface area contributed by atoms with E-state index < -0.39 is 23.6 Å². The van der Waals surface area contributed by atoms with Gasteiger partial charge in [-0.15, -0.1) is 0 Å². The van der Waals surface area contributed by atoms with Crippen LogP contribution in [0.1, 0.15) is 49.1 Å². The van der Waals surface area contributed by atoms with E-state index in [4.69, 9.17) is 4.74 Å². The summed E-state index contributed by atoms with van der Waals surface area (Å²) < 4.78 is 19.6. The Labute approximate surface area is 183 Å². The Morgan fingerprint density at radius 1 is 1.10 bits per heavy atom. The van der Waals surface area contributed by atoms with Crippen LogP contribution in [0, 0.1) is 12.7 Å². The third-order valence-corrected chi connectivity index (χ3v) is 4.40. The summed E-state index contributed by atoms with van der Waals surface area (Å²) in [5.41, 5.74) is 2.19. The molecule has 2 amide bonds. The lowest BCUT2D eigenvalue weighted by Gasteiger charge is -2.23. The van der Waals surface area contributed by atoms with Crippen molar-refractivity contribution >= 4 is 12.0 Å². The van der Waals surface area contributed by atoms with Gasteiger partial charge < -0.3 is 20.3 Å². The summed E-state index contributed by atoms with van der Waals surface area (Å²) in [6.45, 7) is 7.82. The number of hydrogen-bond donors (Lipinski definition) is 2. The molecule has 1 atom stereocenters. The largest absolute Gasteiger partial charge is 0.444 e. The molecule has 2 rings (SSSR count). The van der Waals surface area contributed by atoms with Crippen LogP contribution in [0.4, 0.5) is 9.18 Å². The summed E-state index contributed by atoms with van der Waals surface area (Å²) >= 11 is 0. The van der Waals surface area contributed by atoms with E-state index in [2.05, 4.69) is 10.6 Å². The van der Waals surface area contributed by atoms with Gasteiger partial charge in [0.05, 0.1) is 0 Å². The second kappa shape index (κ2) is 10.4. The molecule has 0 aliphatic rings. The number of aryl methyl sites for hydroxylation is 1. The molecule has 0 saturated heterocycles. The van der Waals surface area contributed by atoms with E-state index in [-0.39, 0.29) is 12.4 Å². The summed E-state index contributed by atoms with van der Waals surface area (Å²) in [6.07, 6.45) is -0.688. The highest BCUT2D eigenvalue weighted by Crippen LogP contribution is 2.17. The zero-order valence-corrected chi connectivity index (χ0v) is 19.1. The van der Waals surface area contributed by atoms with E-state index in [1.165, 1.54) is 6.07 Å². The molecule has 6 nitrogen and oxygen atoms in total. The zero-order valence-electron chi connectivity index (χ0n) is 19.1. The van der Waals surface area contributed by atoms with Crippen LogP contribution in [0.15, 0.2) is 42.5 Å². The van der Waals surface area contributed by atoms with Gasteiger partial charge >= 0.3 is 6.09 Å². The quantitative estimate of drug-likeness (QED) is 0.696. The first-order valence-electron chi connectivity index (χ1n) is 10.2. The lowest BCUT2D eigenvalue weighted by molar-refractivity contribution is -0.123. The van der Waals surface area contributed by atoms with Crippen molar-refractivity contribution in [3.05, 3.63) is 70.5 Å². The van der Waals surface area contributed by atoms with Crippen LogP contribution < -0.4 is 10.6 Å². The van der Waals surface area contributed by atoms with Crippen LogP contribution in [-0.2, 0) is 22.6 Å². The molecule has 2 N–H and O–H groups in total. The molecule has 0 bridgehead atoms. The predicted octanol–water partition coefficient (Wildman–Crippen LogP) is 4.08. The highest BCUT2D eigenvalue weighted by molar-refractivity contribution is 5.86. The standard InChI is InChI=1S/C24H32FN3O3/c1-16-7-10-18(11-8-16)21(27-23(30)31-24(2,3)4)22(29)26-14-17-9-12-19(15-28(5)6)20(25)13-17/h7-13,21H,14-15H2,1-6H3,(H,26,29)(H,27,30)/t21-/m0/s1. The third kappa shape index (κ3) is 8.02. The molecule has 0 unspecified atom stereocenters. The molecular weight excluding hydrogens is 397 g/mol. The van der Waals surface area contributed by atoms with Gasteiger partial charge in [0.1, 0.15) is 17.5 Å². The molecule has 2 aromatic rings. The number of alkyl carbamates (subject to hydrolysis) is 1. The minimum Gasteiger partial charge on any atom is -0.444 e. The first-order chi connectivity index (χ1) is 14.4. The molecule has 0 heterocycles. The SMILES string of the molecule is Cc1ccc([C@H](NC(=O)OC(C)(C)C)C(=O)NCc2ccc(CN(C)C)c(F)c2)cc1. The predicted molar refractivity (Wildman–Crippen MR) is 119 cm³/mol. The Balaban J connectivity index is 2.12. The molecule has 0 aliphatic carbocycles. The smallest absolute Gasteiger partial charge is 0.408 e. The summed E-state index contributed by atoms with van der Waals surface area (Å²) in [5, 5.41) is 5.42. The Morgan fingerprint density at radius 2 is 1.74 bits per heavy atom. The van der Waals surface area contributed by atoms with Crippen LogP contribution in [0.2, 0.25) is 0 Å². The Hall–Kier alpha value is -2.93. The van der Waals surface area contributed by atoms with Crippen molar-refractivity contribution in [1.29, 1.82) is 0 Å². The number of benzene rings is 2. The maximum atomic E-state index is 14.3. The summed E-state index contributed by atoms with van der Waals surface area (Å²) in [5.74, 6) is -0.727. The molecule has 168 valence electrons. The molecule has 7 heteroatoms. The summed E-state index contributed by atoms with van der Waals surface area (Å²) in [4.78, 5) is 27.1. The topological polar surface area (TPSA) is 70.7 Å². The molecule has 0 fully saturated rings. The van der Waals surface area contributed by atoms with Gasteiger partial charge in [0, 0.05) is 18.7 Å². The minimum atomic E-state index is -0.937. The van der Waals surface area contributed by atoms with E-state index in [9.17, 15) is 14.0 Å². The fraction of sp³-hybridized carbons (Fsp3) is 0.417. The highest BCUT2D eigenvalue weighted by atomic mass is 19.1. The lowest BCUT2D eigenvalue weighted by Crippen LogP contribution is -2.42. The van der Waals surface area contributed by atoms with Crippen molar-refractivity contribution in [2.75, 3.05) is 14.1 Å². The number of nitrogens with zero attached hydrogens (tertiary/aromatic N) is 1. The normalized spacial score (nSPS) is 12.4. The van der Waals surface area contributed by atoms with Crippen LogP contribution in [0.5, 0.6) is 0 Å². The van der Waals surface area contributed by atoms with Gasteiger partial charge in [0.2, 0.25) is 5.91 Å². The van der Waals surface area contributed by atoms with Gasteiger partial charge in [0.25, 0.3) is 0 Å². The summed E-state index contributed by atoms with van der Waals surface area (Å²) in [6, 6.07) is 11.3. The van der Waals surface area contributed by atoms with E-state index in [0.717, 1.165) is 5.56 Å². The van der Waals surface area contributed by atoms with Crippen molar-refractivity contribution < 1.29 is 18.7 Å². The number of carbonyl (C=O) groups is 2. The minimum absolute atomic E-state index is 0.135. The third-order valence-electron chi connectivity index (χ3n) is 4.40. The molecular formula is C24H32FN3O3. The van der Waals surface area contributed by atoms with Crippen molar-refractivity contribution in [3.63, 3.8) is 0 Å². The number of carbonyl (C=O) groups excluding carboxylic acids is 2. The number of amides is 2. The fourth-order valence-corrected chi connectivity index (χ4v) is 2.95. The Kier molecular flexibility index (Phi) is 8.16. The van der Waals surface area contributed by atoms with Gasteiger partial charge in [-0.2, -0.15) is 0 Å². The van der Waals surface area contributed by atoms with E-state index in [1.807, 2.05) is 38.1 Å². The fourth-order valence-electron chi connectivity index (χ4n) is 2.95. The maximum absolute atomic E-state index is 14.3. The van der Waals surface area contributed by atoms with E-state index >= 15 is 0 Å². The van der Waals surface area contributed by atoms with Crippen LogP contribution >= 0.6 is 0 Å². The molecule has 2 aromatic carbocycles. The van der Waals surface area contributed by atoms with Gasteiger partial charge in [-0.25, -0.2) is 9.18 Å². The summed E-state index contributed by atoms with van der Waals surface area (Å²) in [7, 11) is 3.74. The molecule has 0 spiro atoms. The first-order valence-corrected chi connectivity index (χ1v) is 10.2. The van der Waals surface area contributed by atoms with Gasteiger partial charge in [-0.1, -0.05) is 42.0 Å². The first kappa shape index (κ1) is 24.3. The van der Waals surface area contributed by atoms with Gasteiger partial charge in [-0.3, -0.25) is 4.79 Å². The van der Waals surface area contributed by atoms with Crippen molar-refractivity contribution in [1.82, 2.24) is 15.5 Å². The second-order valence-electron chi connectivity index (χ2n) is 8.87. The molecule has 0 aromatic heterocycles. The molecule has 31 heavy (non-hydrogen) atoms. The average molecular weight is 430 g/mol. The van der Waals surface area contributed by atoms with Crippen molar-refractivity contribution in [2.24, 2.45) is 0 Å². The van der Waals surface area contributed by atoms with E-state index in [0.29, 0.717) is 23.2 Å². The number of ether oxygens (including phenoxy) is 1. The number of rotatable bonds is 7. The number of nitrogens with one attached hydrogen (secondary N) is 2. The molecule has 0 radical (unpaired) electrons. The molecule has 0 aliphatic heterocycles. The van der Waals surface area contributed by atoms with Crippen LogP contribution in [0.25, 0.3) is 0 Å². The average Bonchev–Trinajstić information content (AvgIpc) is 2.65. The lowest BCUT2D eigenvalue weighted by atomic mass is 10.0. The van der Waals surface area contributed by atoms with Crippen LogP contribution in [-0.4, -0.2) is 36.6 Å². The van der Waals surface area contributed by atoms with Crippen LogP contribution in [0.3, 0.4) is 0 Å².